The first kappa shape index (κ1) is 9.93. The van der Waals surface area contributed by atoms with Crippen LogP contribution in [-0.4, -0.2) is 18.7 Å². The van der Waals surface area contributed by atoms with Crippen molar-refractivity contribution in [1.82, 2.24) is 0 Å². The highest BCUT2D eigenvalue weighted by atomic mass is 16.6. The average molecular weight is 204 g/mol. The summed E-state index contributed by atoms with van der Waals surface area (Å²) in [6.07, 6.45) is 0.791. The van der Waals surface area contributed by atoms with E-state index in [0.717, 1.165) is 6.61 Å². The number of esters is 1. The van der Waals surface area contributed by atoms with Crippen molar-refractivity contribution in [2.75, 3.05) is 6.61 Å². The van der Waals surface area contributed by atoms with Crippen LogP contribution in [0.5, 0.6) is 0 Å². The lowest BCUT2D eigenvalue weighted by Crippen LogP contribution is -2.05. The van der Waals surface area contributed by atoms with Gasteiger partial charge in [0.05, 0.1) is 18.3 Å². The molecule has 1 saturated heterocycles. The molecule has 2 rings (SSSR count). The summed E-state index contributed by atoms with van der Waals surface area (Å²) in [6, 6.07) is 8.86. The normalized spacial score (nSPS) is 18.3. The smallest absolute Gasteiger partial charge is 0.343 e. The molecule has 1 aliphatic rings. The number of hydrogen-bond acceptors (Lipinski definition) is 3. The molecule has 3 nitrogen and oxygen atoms in total. The number of benzene rings is 1. The highest BCUT2D eigenvalue weighted by Gasteiger charge is 2.24. The van der Waals surface area contributed by atoms with Crippen molar-refractivity contribution < 1.29 is 14.3 Å². The maximum atomic E-state index is 11.5. The molecule has 1 unspecified atom stereocenters. The Morgan fingerprint density at radius 3 is 2.73 bits per heavy atom. The minimum absolute atomic E-state index is 0.195. The summed E-state index contributed by atoms with van der Waals surface area (Å²) in [5, 5.41) is 0. The molecule has 0 radical (unpaired) electrons. The number of carbonyl (C=O) groups is 1. The minimum atomic E-state index is -0.360. The second kappa shape index (κ2) is 4.28. The highest BCUT2D eigenvalue weighted by molar-refractivity contribution is 5.89. The van der Waals surface area contributed by atoms with E-state index in [4.69, 9.17) is 9.47 Å². The lowest BCUT2D eigenvalue weighted by molar-refractivity contribution is 0.0612. The predicted octanol–water partition coefficient (Wildman–Crippen LogP) is 2.15. The molecule has 1 fully saturated rings. The van der Waals surface area contributed by atoms with Crippen LogP contribution in [0, 0.1) is 0 Å². The van der Waals surface area contributed by atoms with Crippen LogP contribution in [0.2, 0.25) is 0 Å². The summed E-state index contributed by atoms with van der Waals surface area (Å²) in [4.78, 5) is 11.5. The SMILES string of the molecule is C=C(CC1CO1)OC(=O)c1ccccc1. The van der Waals surface area contributed by atoms with Gasteiger partial charge in [-0.15, -0.1) is 0 Å². The van der Waals surface area contributed by atoms with Crippen LogP contribution in [0.4, 0.5) is 0 Å². The molecule has 3 heteroatoms. The molecule has 1 aliphatic heterocycles. The van der Waals surface area contributed by atoms with Crippen molar-refractivity contribution in [1.29, 1.82) is 0 Å². The van der Waals surface area contributed by atoms with Gasteiger partial charge in [0, 0.05) is 6.42 Å². The molecule has 0 bridgehead atoms. The number of ether oxygens (including phenoxy) is 2. The Morgan fingerprint density at radius 2 is 2.13 bits per heavy atom. The first-order chi connectivity index (χ1) is 7.25. The van der Waals surface area contributed by atoms with Gasteiger partial charge in [0.1, 0.15) is 5.76 Å². The van der Waals surface area contributed by atoms with Gasteiger partial charge in [0.15, 0.2) is 0 Å². The van der Waals surface area contributed by atoms with Crippen molar-refractivity contribution in [2.45, 2.75) is 12.5 Å². The van der Waals surface area contributed by atoms with Crippen LogP contribution in [0.1, 0.15) is 16.8 Å². The standard InChI is InChI=1S/C12H12O3/c1-9(7-11-8-14-11)15-12(13)10-5-3-2-4-6-10/h2-6,11H,1,7-8H2. The first-order valence-corrected chi connectivity index (χ1v) is 4.82. The van der Waals surface area contributed by atoms with E-state index in [9.17, 15) is 4.79 Å². The van der Waals surface area contributed by atoms with E-state index in [-0.39, 0.29) is 12.1 Å². The van der Waals surface area contributed by atoms with E-state index in [1.54, 1.807) is 24.3 Å². The molecule has 1 heterocycles. The van der Waals surface area contributed by atoms with E-state index in [1.807, 2.05) is 6.07 Å². The summed E-state index contributed by atoms with van der Waals surface area (Å²) in [6.45, 7) is 4.42. The Kier molecular flexibility index (Phi) is 2.83. The van der Waals surface area contributed by atoms with Crippen molar-refractivity contribution in [2.24, 2.45) is 0 Å². The largest absolute Gasteiger partial charge is 0.428 e. The monoisotopic (exact) mass is 204 g/mol. The maximum Gasteiger partial charge on any atom is 0.343 e. The quantitative estimate of drug-likeness (QED) is 0.428. The Balaban J connectivity index is 1.88. The third-order valence-corrected chi connectivity index (χ3v) is 2.10. The fourth-order valence-corrected chi connectivity index (χ4v) is 1.25. The number of epoxide rings is 1. The van der Waals surface area contributed by atoms with Crippen LogP contribution in [0.25, 0.3) is 0 Å². The topological polar surface area (TPSA) is 38.8 Å². The molecule has 78 valence electrons. The molecule has 0 aromatic heterocycles. The fourth-order valence-electron chi connectivity index (χ4n) is 1.25. The van der Waals surface area contributed by atoms with Crippen molar-refractivity contribution in [3.8, 4) is 0 Å². The van der Waals surface area contributed by atoms with E-state index in [2.05, 4.69) is 6.58 Å². The summed E-state index contributed by atoms with van der Waals surface area (Å²) in [7, 11) is 0. The predicted molar refractivity (Wildman–Crippen MR) is 55.4 cm³/mol. The molecule has 0 saturated carbocycles. The van der Waals surface area contributed by atoms with Crippen molar-refractivity contribution >= 4 is 5.97 Å². The zero-order valence-corrected chi connectivity index (χ0v) is 8.31. The molecule has 0 amide bonds. The van der Waals surface area contributed by atoms with Gasteiger partial charge in [-0.3, -0.25) is 0 Å². The van der Waals surface area contributed by atoms with E-state index < -0.39 is 0 Å². The summed E-state index contributed by atoms with van der Waals surface area (Å²) in [5.74, 6) is 0.104. The molecular weight excluding hydrogens is 192 g/mol. The molecule has 1 atom stereocenters. The molecule has 15 heavy (non-hydrogen) atoms. The Hall–Kier alpha value is -1.61. The molecule has 1 aromatic carbocycles. The van der Waals surface area contributed by atoms with Gasteiger partial charge in [-0.05, 0) is 12.1 Å². The van der Waals surface area contributed by atoms with Gasteiger partial charge >= 0.3 is 5.97 Å². The Bertz CT molecular complexity index is 366. The summed E-state index contributed by atoms with van der Waals surface area (Å²) >= 11 is 0. The molecule has 0 aliphatic carbocycles. The van der Waals surface area contributed by atoms with Gasteiger partial charge in [0.2, 0.25) is 0 Å². The van der Waals surface area contributed by atoms with Crippen molar-refractivity contribution in [3.05, 3.63) is 48.2 Å². The maximum absolute atomic E-state index is 11.5. The van der Waals surface area contributed by atoms with Crippen LogP contribution >= 0.6 is 0 Å². The third-order valence-electron chi connectivity index (χ3n) is 2.10. The average Bonchev–Trinajstić information content (AvgIpc) is 3.03. The highest BCUT2D eigenvalue weighted by Crippen LogP contribution is 2.19. The second-order valence-corrected chi connectivity index (χ2v) is 3.45. The second-order valence-electron chi connectivity index (χ2n) is 3.45. The molecular formula is C12H12O3. The van der Waals surface area contributed by atoms with E-state index in [1.165, 1.54) is 0 Å². The first-order valence-electron chi connectivity index (χ1n) is 4.82. The van der Waals surface area contributed by atoms with E-state index >= 15 is 0 Å². The van der Waals surface area contributed by atoms with Crippen molar-refractivity contribution in [3.63, 3.8) is 0 Å². The van der Waals surface area contributed by atoms with Gasteiger partial charge < -0.3 is 9.47 Å². The van der Waals surface area contributed by atoms with Crippen LogP contribution in [0.3, 0.4) is 0 Å². The number of rotatable bonds is 4. The number of hydrogen-bond donors (Lipinski definition) is 0. The van der Waals surface area contributed by atoms with E-state index in [0.29, 0.717) is 17.7 Å². The molecule has 0 spiro atoms. The van der Waals surface area contributed by atoms with Crippen LogP contribution in [-0.2, 0) is 9.47 Å². The lowest BCUT2D eigenvalue weighted by atomic mass is 10.2. The number of carbonyl (C=O) groups excluding carboxylic acids is 1. The van der Waals surface area contributed by atoms with Crippen LogP contribution in [0.15, 0.2) is 42.7 Å². The Labute approximate surface area is 88.3 Å². The molecule has 0 N–H and O–H groups in total. The fraction of sp³-hybridized carbons (Fsp3) is 0.250. The summed E-state index contributed by atoms with van der Waals surface area (Å²) < 4.78 is 10.1. The van der Waals surface area contributed by atoms with Gasteiger partial charge in [-0.1, -0.05) is 24.8 Å². The van der Waals surface area contributed by atoms with Crippen LogP contribution < -0.4 is 0 Å². The van der Waals surface area contributed by atoms with Gasteiger partial charge in [-0.25, -0.2) is 4.79 Å². The molecule has 1 aromatic rings. The Morgan fingerprint density at radius 1 is 1.47 bits per heavy atom. The summed E-state index contributed by atoms with van der Waals surface area (Å²) in [5.41, 5.74) is 0.537. The third kappa shape index (κ3) is 2.92. The zero-order chi connectivity index (χ0) is 10.7. The lowest BCUT2D eigenvalue weighted by Gasteiger charge is -2.05. The van der Waals surface area contributed by atoms with Gasteiger partial charge in [0.25, 0.3) is 0 Å². The zero-order valence-electron chi connectivity index (χ0n) is 8.31. The minimum Gasteiger partial charge on any atom is -0.428 e. The van der Waals surface area contributed by atoms with Gasteiger partial charge in [-0.2, -0.15) is 0 Å².